The van der Waals surface area contributed by atoms with Crippen LogP contribution in [0.25, 0.3) is 5.52 Å². The van der Waals surface area contributed by atoms with E-state index in [0.29, 0.717) is 11.3 Å². The summed E-state index contributed by atoms with van der Waals surface area (Å²) in [5.74, 6) is 0.157. The van der Waals surface area contributed by atoms with E-state index >= 15 is 0 Å². The number of hydrogen-bond acceptors (Lipinski definition) is 3. The van der Waals surface area contributed by atoms with Gasteiger partial charge in [-0.25, -0.2) is 0 Å². The highest BCUT2D eigenvalue weighted by atomic mass is 16.3. The van der Waals surface area contributed by atoms with Crippen molar-refractivity contribution < 1.29 is 9.90 Å². The third kappa shape index (κ3) is 1.28. The maximum Gasteiger partial charge on any atom is 0.300 e. The number of carbonyl (C=O) groups is 1. The number of pyridine rings is 1. The third-order valence-electron chi connectivity index (χ3n) is 1.82. The highest BCUT2D eigenvalue weighted by Gasteiger charge is 2.09. The Kier molecular flexibility index (Phi) is 1.85. The molecular formula is C9H9N3O2. The van der Waals surface area contributed by atoms with Crippen molar-refractivity contribution in [1.82, 2.24) is 9.38 Å². The van der Waals surface area contributed by atoms with E-state index in [1.165, 1.54) is 11.3 Å². The SMILES string of the molecule is CC(=O)Nc1nc(O)n2ccccc12. The van der Waals surface area contributed by atoms with Gasteiger partial charge >= 0.3 is 6.01 Å². The second-order valence-corrected chi connectivity index (χ2v) is 2.90. The van der Waals surface area contributed by atoms with Crippen LogP contribution in [0.15, 0.2) is 24.4 Å². The zero-order chi connectivity index (χ0) is 10.1. The molecule has 0 spiro atoms. The average Bonchev–Trinajstić information content (AvgIpc) is 2.44. The maximum absolute atomic E-state index is 10.8. The smallest absolute Gasteiger partial charge is 0.300 e. The van der Waals surface area contributed by atoms with Crippen LogP contribution in [0.2, 0.25) is 0 Å². The number of aromatic nitrogens is 2. The zero-order valence-corrected chi connectivity index (χ0v) is 7.56. The first kappa shape index (κ1) is 8.55. The number of fused-ring (bicyclic) bond motifs is 1. The normalized spacial score (nSPS) is 10.4. The van der Waals surface area contributed by atoms with Gasteiger partial charge in [0.2, 0.25) is 5.91 Å². The number of hydrogen-bond donors (Lipinski definition) is 2. The predicted molar refractivity (Wildman–Crippen MR) is 51.2 cm³/mol. The quantitative estimate of drug-likeness (QED) is 0.706. The monoisotopic (exact) mass is 191 g/mol. The van der Waals surface area contributed by atoms with Gasteiger partial charge < -0.3 is 10.4 Å². The largest absolute Gasteiger partial charge is 0.480 e. The molecule has 0 saturated heterocycles. The molecule has 0 unspecified atom stereocenters. The summed E-state index contributed by atoms with van der Waals surface area (Å²) in [5.41, 5.74) is 0.667. The van der Waals surface area contributed by atoms with Crippen molar-refractivity contribution in [2.45, 2.75) is 6.92 Å². The number of anilines is 1. The fourth-order valence-electron chi connectivity index (χ4n) is 1.28. The summed E-state index contributed by atoms with van der Waals surface area (Å²) in [4.78, 5) is 14.6. The van der Waals surface area contributed by atoms with E-state index in [1.54, 1.807) is 18.3 Å². The minimum atomic E-state index is -0.214. The second kappa shape index (κ2) is 3.02. The lowest BCUT2D eigenvalue weighted by Gasteiger charge is -1.96. The first-order chi connectivity index (χ1) is 6.68. The van der Waals surface area contributed by atoms with Crippen molar-refractivity contribution in [3.8, 4) is 6.01 Å². The van der Waals surface area contributed by atoms with E-state index in [2.05, 4.69) is 10.3 Å². The summed E-state index contributed by atoms with van der Waals surface area (Å²) >= 11 is 0. The maximum atomic E-state index is 10.8. The number of nitrogens with zero attached hydrogens (tertiary/aromatic N) is 2. The van der Waals surface area contributed by atoms with Gasteiger partial charge in [-0.1, -0.05) is 6.07 Å². The lowest BCUT2D eigenvalue weighted by atomic mass is 10.4. The van der Waals surface area contributed by atoms with E-state index in [-0.39, 0.29) is 11.9 Å². The lowest BCUT2D eigenvalue weighted by Crippen LogP contribution is -2.06. The van der Waals surface area contributed by atoms with Gasteiger partial charge in [-0.15, -0.1) is 0 Å². The minimum absolute atomic E-state index is 0.135. The summed E-state index contributed by atoms with van der Waals surface area (Å²) in [6, 6.07) is 5.20. The number of imidazole rings is 1. The summed E-state index contributed by atoms with van der Waals surface area (Å²) in [5, 5.41) is 11.9. The molecular weight excluding hydrogens is 182 g/mol. The third-order valence-corrected chi connectivity index (χ3v) is 1.82. The lowest BCUT2D eigenvalue weighted by molar-refractivity contribution is -0.114. The molecule has 14 heavy (non-hydrogen) atoms. The molecule has 0 aliphatic carbocycles. The molecule has 2 heterocycles. The van der Waals surface area contributed by atoms with Crippen LogP contribution >= 0.6 is 0 Å². The Morgan fingerprint density at radius 3 is 3.07 bits per heavy atom. The Hall–Kier alpha value is -2.04. The van der Waals surface area contributed by atoms with Crippen LogP contribution in [0.1, 0.15) is 6.92 Å². The Bertz CT molecular complexity index is 490. The molecule has 0 aliphatic rings. The van der Waals surface area contributed by atoms with E-state index in [4.69, 9.17) is 0 Å². The molecule has 0 atom stereocenters. The molecule has 72 valence electrons. The van der Waals surface area contributed by atoms with Gasteiger partial charge in [-0.2, -0.15) is 4.98 Å². The van der Waals surface area contributed by atoms with Crippen LogP contribution in [0, 0.1) is 0 Å². The number of amides is 1. The first-order valence-electron chi connectivity index (χ1n) is 4.12. The Morgan fingerprint density at radius 1 is 1.57 bits per heavy atom. The first-order valence-corrected chi connectivity index (χ1v) is 4.12. The summed E-state index contributed by atoms with van der Waals surface area (Å²) in [6.45, 7) is 1.39. The van der Waals surface area contributed by atoms with Crippen molar-refractivity contribution >= 4 is 17.2 Å². The van der Waals surface area contributed by atoms with E-state index in [9.17, 15) is 9.90 Å². The van der Waals surface area contributed by atoms with E-state index in [0.717, 1.165) is 0 Å². The molecule has 0 aromatic carbocycles. The molecule has 2 aromatic heterocycles. The molecule has 5 nitrogen and oxygen atoms in total. The second-order valence-electron chi connectivity index (χ2n) is 2.90. The molecule has 0 saturated carbocycles. The average molecular weight is 191 g/mol. The molecule has 0 fully saturated rings. The van der Waals surface area contributed by atoms with E-state index in [1.807, 2.05) is 6.07 Å². The van der Waals surface area contributed by atoms with Gasteiger partial charge in [0.15, 0.2) is 5.82 Å². The van der Waals surface area contributed by atoms with Crippen LogP contribution in [0.5, 0.6) is 6.01 Å². The fraction of sp³-hybridized carbons (Fsp3) is 0.111. The summed E-state index contributed by atoms with van der Waals surface area (Å²) in [6.07, 6.45) is 1.67. The number of rotatable bonds is 1. The Balaban J connectivity index is 2.60. The molecule has 0 radical (unpaired) electrons. The highest BCUT2D eigenvalue weighted by Crippen LogP contribution is 2.21. The van der Waals surface area contributed by atoms with E-state index < -0.39 is 0 Å². The highest BCUT2D eigenvalue weighted by molar-refractivity contribution is 5.92. The van der Waals surface area contributed by atoms with Gasteiger partial charge in [0, 0.05) is 13.1 Å². The van der Waals surface area contributed by atoms with Crippen molar-refractivity contribution in [3.05, 3.63) is 24.4 Å². The molecule has 5 heteroatoms. The molecule has 0 bridgehead atoms. The van der Waals surface area contributed by atoms with Gasteiger partial charge in [0.05, 0.1) is 5.52 Å². The van der Waals surface area contributed by atoms with Crippen LogP contribution in [0.4, 0.5) is 5.82 Å². The number of aromatic hydroxyl groups is 1. The standard InChI is InChI=1S/C9H9N3O2/c1-6(13)10-8-7-4-2-3-5-12(7)9(14)11-8/h2-5H,1H3,(H,10,13)(H,11,14). The van der Waals surface area contributed by atoms with Crippen molar-refractivity contribution in [2.75, 3.05) is 5.32 Å². The van der Waals surface area contributed by atoms with Crippen LogP contribution < -0.4 is 5.32 Å². The predicted octanol–water partition coefficient (Wildman–Crippen LogP) is 0.998. The van der Waals surface area contributed by atoms with Gasteiger partial charge in [0.1, 0.15) is 0 Å². The number of carbonyl (C=O) groups excluding carboxylic acids is 1. The van der Waals surface area contributed by atoms with Crippen LogP contribution in [-0.2, 0) is 4.79 Å². The van der Waals surface area contributed by atoms with Crippen molar-refractivity contribution in [3.63, 3.8) is 0 Å². The molecule has 1 amide bonds. The Morgan fingerprint density at radius 2 is 2.36 bits per heavy atom. The minimum Gasteiger partial charge on any atom is -0.480 e. The van der Waals surface area contributed by atoms with Crippen molar-refractivity contribution in [2.24, 2.45) is 0 Å². The summed E-state index contributed by atoms with van der Waals surface area (Å²) in [7, 11) is 0. The Labute approximate surface area is 80.0 Å². The fourth-order valence-corrected chi connectivity index (χ4v) is 1.28. The summed E-state index contributed by atoms with van der Waals surface area (Å²) < 4.78 is 1.49. The molecule has 2 N–H and O–H groups in total. The topological polar surface area (TPSA) is 66.6 Å². The number of nitrogens with one attached hydrogen (secondary N) is 1. The van der Waals surface area contributed by atoms with Gasteiger partial charge in [-0.05, 0) is 12.1 Å². The molecule has 0 aliphatic heterocycles. The van der Waals surface area contributed by atoms with Crippen LogP contribution in [-0.4, -0.2) is 20.4 Å². The van der Waals surface area contributed by atoms with Gasteiger partial charge in [0.25, 0.3) is 0 Å². The van der Waals surface area contributed by atoms with Crippen LogP contribution in [0.3, 0.4) is 0 Å². The van der Waals surface area contributed by atoms with Gasteiger partial charge in [-0.3, -0.25) is 9.20 Å². The molecule has 2 rings (SSSR count). The molecule has 2 aromatic rings. The zero-order valence-electron chi connectivity index (χ0n) is 7.56. The van der Waals surface area contributed by atoms with Crippen molar-refractivity contribution in [1.29, 1.82) is 0 Å².